The number of hydrogen-bond acceptors (Lipinski definition) is 4. The number of carboxylic acids is 2. The van der Waals surface area contributed by atoms with Crippen molar-refractivity contribution in [1.29, 1.82) is 0 Å². The van der Waals surface area contributed by atoms with Gasteiger partial charge in [-0.15, -0.1) is 0 Å². The second-order valence-electron chi connectivity index (χ2n) is 12.8. The van der Waals surface area contributed by atoms with Crippen molar-refractivity contribution in [3.63, 3.8) is 0 Å². The van der Waals surface area contributed by atoms with Gasteiger partial charge >= 0.3 is 23.1 Å². The van der Waals surface area contributed by atoms with Crippen LogP contribution in [0, 0.1) is 0 Å². The van der Waals surface area contributed by atoms with Crippen LogP contribution in [0.3, 0.4) is 0 Å². The minimum absolute atomic E-state index is 0. The average molecular weight is 643 g/mol. The van der Waals surface area contributed by atoms with Crippen molar-refractivity contribution in [2.75, 3.05) is 0 Å². The quantitative estimate of drug-likeness (QED) is 0.0397. The number of rotatable bonds is 34. The molecule has 0 radical (unpaired) electrons. The summed E-state index contributed by atoms with van der Waals surface area (Å²) in [6.07, 6.45) is 47.7. The van der Waals surface area contributed by atoms with Gasteiger partial charge in [0.2, 0.25) is 0 Å². The Balaban J connectivity index is -0.000000767. The van der Waals surface area contributed by atoms with Gasteiger partial charge in [-0.2, -0.15) is 0 Å². The molecule has 0 atom stereocenters. The standard InChI is InChI=1S/2C20H38O2.Mg/c2*1-2-3-4-5-6-7-8-9-10-11-12-13-14-15-16-17-18-19-20(21)22;/h2*11-12H,2-10,13-19H2,1H3,(H,21,22);/q;;+2/p-2/b2*12-11-;. The summed E-state index contributed by atoms with van der Waals surface area (Å²) in [7, 11) is 0. The first-order valence-electron chi connectivity index (χ1n) is 19.2. The van der Waals surface area contributed by atoms with Gasteiger partial charge in [-0.1, -0.05) is 167 Å². The molecule has 0 aromatic carbocycles. The van der Waals surface area contributed by atoms with E-state index in [2.05, 4.69) is 38.2 Å². The molecule has 0 fully saturated rings. The second-order valence-corrected chi connectivity index (χ2v) is 12.8. The Labute approximate surface area is 297 Å². The van der Waals surface area contributed by atoms with E-state index in [1.54, 1.807) is 0 Å². The summed E-state index contributed by atoms with van der Waals surface area (Å²) in [5, 5.41) is 20.5. The third kappa shape index (κ3) is 53.0. The van der Waals surface area contributed by atoms with Crippen molar-refractivity contribution < 1.29 is 19.8 Å². The molecule has 0 heterocycles. The van der Waals surface area contributed by atoms with Crippen molar-refractivity contribution in [2.24, 2.45) is 0 Å². The summed E-state index contributed by atoms with van der Waals surface area (Å²) in [4.78, 5) is 20.5. The zero-order valence-corrected chi connectivity index (χ0v) is 31.7. The molecule has 0 aliphatic heterocycles. The molecule has 0 aliphatic carbocycles. The molecule has 0 aliphatic rings. The predicted octanol–water partition coefficient (Wildman–Crippen LogP) is 10.7. The molecule has 45 heavy (non-hydrogen) atoms. The van der Waals surface area contributed by atoms with Gasteiger partial charge in [0.1, 0.15) is 0 Å². The van der Waals surface area contributed by atoms with Crippen molar-refractivity contribution in [1.82, 2.24) is 0 Å². The first-order valence-corrected chi connectivity index (χ1v) is 19.2. The topological polar surface area (TPSA) is 80.3 Å². The van der Waals surface area contributed by atoms with Crippen LogP contribution in [0.5, 0.6) is 0 Å². The molecule has 5 heteroatoms. The van der Waals surface area contributed by atoms with E-state index in [4.69, 9.17) is 0 Å². The van der Waals surface area contributed by atoms with Gasteiger partial charge in [0.15, 0.2) is 0 Å². The molecule has 260 valence electrons. The monoisotopic (exact) mass is 643 g/mol. The minimum Gasteiger partial charge on any atom is -0.550 e. The van der Waals surface area contributed by atoms with E-state index in [-0.39, 0.29) is 35.9 Å². The molecule has 0 N–H and O–H groups in total. The fourth-order valence-corrected chi connectivity index (χ4v) is 5.39. The molecular formula is C40H74MgO4. The Bertz CT molecular complexity index is 578. The predicted molar refractivity (Wildman–Crippen MR) is 193 cm³/mol. The third-order valence-corrected chi connectivity index (χ3v) is 8.29. The van der Waals surface area contributed by atoms with Crippen molar-refractivity contribution in [3.05, 3.63) is 24.3 Å². The zero-order chi connectivity index (χ0) is 32.6. The molecule has 0 saturated heterocycles. The summed E-state index contributed by atoms with van der Waals surface area (Å²) in [5.74, 6) is -1.83. The minimum atomic E-state index is -0.913. The van der Waals surface area contributed by atoms with Crippen LogP contribution in [0.15, 0.2) is 24.3 Å². The van der Waals surface area contributed by atoms with E-state index in [1.807, 2.05) is 0 Å². The molecule has 0 spiro atoms. The van der Waals surface area contributed by atoms with Crippen molar-refractivity contribution >= 4 is 35.0 Å². The molecule has 0 saturated carbocycles. The van der Waals surface area contributed by atoms with Gasteiger partial charge in [0.25, 0.3) is 0 Å². The van der Waals surface area contributed by atoms with Gasteiger partial charge < -0.3 is 19.8 Å². The van der Waals surface area contributed by atoms with E-state index >= 15 is 0 Å². The molecule has 0 aromatic rings. The van der Waals surface area contributed by atoms with Gasteiger partial charge in [-0.25, -0.2) is 0 Å². The molecule has 0 rings (SSSR count). The zero-order valence-electron chi connectivity index (χ0n) is 30.3. The number of hydrogen-bond donors (Lipinski definition) is 0. The fourth-order valence-electron chi connectivity index (χ4n) is 5.39. The summed E-state index contributed by atoms with van der Waals surface area (Å²) in [5.41, 5.74) is 0. The van der Waals surface area contributed by atoms with Crippen LogP contribution in [0.25, 0.3) is 0 Å². The smallest absolute Gasteiger partial charge is 0.550 e. The molecule has 4 nitrogen and oxygen atoms in total. The molecule has 0 unspecified atom stereocenters. The Morgan fingerprint density at radius 2 is 0.556 bits per heavy atom. The summed E-state index contributed by atoms with van der Waals surface area (Å²) in [6, 6.07) is 0. The second kappa shape index (κ2) is 45.3. The summed E-state index contributed by atoms with van der Waals surface area (Å²) < 4.78 is 0. The summed E-state index contributed by atoms with van der Waals surface area (Å²) in [6.45, 7) is 4.53. The molecular weight excluding hydrogens is 569 g/mol. The maximum absolute atomic E-state index is 10.2. The summed E-state index contributed by atoms with van der Waals surface area (Å²) >= 11 is 0. The van der Waals surface area contributed by atoms with Gasteiger partial charge in [-0.3, -0.25) is 0 Å². The van der Waals surface area contributed by atoms with Gasteiger partial charge in [-0.05, 0) is 77.0 Å². The van der Waals surface area contributed by atoms with E-state index < -0.39 is 11.9 Å². The van der Waals surface area contributed by atoms with Gasteiger partial charge in [0.05, 0.1) is 0 Å². The van der Waals surface area contributed by atoms with Crippen molar-refractivity contribution in [3.8, 4) is 0 Å². The molecule has 0 aromatic heterocycles. The number of carbonyl (C=O) groups is 2. The number of carboxylic acid groups (broad SMARTS) is 2. The number of aliphatic carboxylic acids is 2. The Morgan fingerprint density at radius 1 is 0.356 bits per heavy atom. The molecule has 0 amide bonds. The SMILES string of the molecule is CCCCCCCCCC/C=C\CCCCCCCC(=O)[O-].CCCCCCCCCC/C=C\CCCCCCCC(=O)[O-].[Mg+2]. The van der Waals surface area contributed by atoms with Crippen molar-refractivity contribution in [2.45, 2.75) is 219 Å². The first-order chi connectivity index (χ1) is 21.5. The van der Waals surface area contributed by atoms with Crippen LogP contribution in [-0.4, -0.2) is 35.0 Å². The Kier molecular flexibility index (Phi) is 48.9. The van der Waals surface area contributed by atoms with Crippen LogP contribution in [0.2, 0.25) is 0 Å². The van der Waals surface area contributed by atoms with Crippen LogP contribution < -0.4 is 10.2 Å². The van der Waals surface area contributed by atoms with E-state index in [9.17, 15) is 19.8 Å². The van der Waals surface area contributed by atoms with Gasteiger partial charge in [0, 0.05) is 11.9 Å². The number of unbranched alkanes of at least 4 members (excludes halogenated alkanes) is 26. The average Bonchev–Trinajstić information content (AvgIpc) is 3.00. The number of allylic oxidation sites excluding steroid dienone is 4. The number of carbonyl (C=O) groups excluding carboxylic acids is 2. The molecule has 0 bridgehead atoms. The Hall–Kier alpha value is -0.814. The fraction of sp³-hybridized carbons (Fsp3) is 0.850. The van der Waals surface area contributed by atoms with E-state index in [0.29, 0.717) is 0 Å². The van der Waals surface area contributed by atoms with Crippen LogP contribution in [0.4, 0.5) is 0 Å². The Morgan fingerprint density at radius 3 is 0.778 bits per heavy atom. The largest absolute Gasteiger partial charge is 2.00 e. The van der Waals surface area contributed by atoms with Crippen LogP contribution in [-0.2, 0) is 9.59 Å². The first kappa shape index (κ1) is 48.6. The van der Waals surface area contributed by atoms with E-state index in [1.165, 1.54) is 154 Å². The van der Waals surface area contributed by atoms with Crippen LogP contribution >= 0.6 is 0 Å². The van der Waals surface area contributed by atoms with Crippen LogP contribution in [0.1, 0.15) is 219 Å². The third-order valence-electron chi connectivity index (χ3n) is 8.29. The normalized spacial score (nSPS) is 11.1. The maximum atomic E-state index is 10.2. The van der Waals surface area contributed by atoms with E-state index in [0.717, 1.165) is 38.5 Å². The maximum Gasteiger partial charge on any atom is 2.00 e.